The van der Waals surface area contributed by atoms with Crippen molar-refractivity contribution in [3.63, 3.8) is 0 Å². The maximum Gasteiger partial charge on any atom is 0.330 e. The molecule has 2 aliphatic rings. The van der Waals surface area contributed by atoms with Gasteiger partial charge in [0.1, 0.15) is 0 Å². The molecule has 34 heavy (non-hydrogen) atoms. The second-order valence-electron chi connectivity index (χ2n) is 9.62. The topological polar surface area (TPSA) is 119 Å². The molecular formula is C23H33NO8SSi. The van der Waals surface area contributed by atoms with Gasteiger partial charge in [0.25, 0.3) is 0 Å². The number of fused-ring (bicyclic) bond motifs is 1. The summed E-state index contributed by atoms with van der Waals surface area (Å²) in [5.74, 6) is -1.45. The lowest BCUT2D eigenvalue weighted by atomic mass is 9.84. The maximum atomic E-state index is 13.1. The average molecular weight is 512 g/mol. The van der Waals surface area contributed by atoms with Crippen LogP contribution in [0.5, 0.6) is 11.5 Å². The quantitative estimate of drug-likeness (QED) is 0.397. The fourth-order valence-corrected chi connectivity index (χ4v) is 7.19. The third-order valence-corrected chi connectivity index (χ3v) is 12.3. The standard InChI is InChI=1S/C23H33NO8SSi/c1-13(2)34(6,7)32-14(3)20-17-10-15(21(23(26)27)24(17)22(20)25)12-33(28,29)16-8-9-18(30-4)19(11-16)31-5/h8-9,11-14,17,20-21H,10H2,1-7H3,(H,26,27)/b15-12+/t14-,17-,20+,21?/m1/s1. The molecular weight excluding hydrogens is 478 g/mol. The Morgan fingerprint density at radius 1 is 1.18 bits per heavy atom. The number of amides is 1. The lowest BCUT2D eigenvalue weighted by Gasteiger charge is -2.48. The van der Waals surface area contributed by atoms with Crippen molar-refractivity contribution in [1.82, 2.24) is 4.90 Å². The number of hydrogen-bond donors (Lipinski definition) is 1. The Morgan fingerprint density at radius 3 is 2.32 bits per heavy atom. The molecule has 2 heterocycles. The number of hydrogen-bond acceptors (Lipinski definition) is 7. The normalized spacial score (nSPS) is 24.7. The number of aliphatic carboxylic acids is 1. The molecule has 1 aromatic carbocycles. The molecule has 2 fully saturated rings. The molecule has 0 bridgehead atoms. The van der Waals surface area contributed by atoms with Crippen molar-refractivity contribution in [2.45, 2.75) is 68.9 Å². The summed E-state index contributed by atoms with van der Waals surface area (Å²) < 4.78 is 42.9. The Balaban J connectivity index is 1.92. The number of carboxylic acids is 1. The smallest absolute Gasteiger partial charge is 0.330 e. The summed E-state index contributed by atoms with van der Waals surface area (Å²) in [6.45, 7) is 10.2. The van der Waals surface area contributed by atoms with E-state index in [-0.39, 0.29) is 34.7 Å². The number of nitrogens with zero attached hydrogens (tertiary/aromatic N) is 1. The van der Waals surface area contributed by atoms with Gasteiger partial charge in [-0.15, -0.1) is 0 Å². The van der Waals surface area contributed by atoms with Gasteiger partial charge < -0.3 is 23.9 Å². The molecule has 2 saturated heterocycles. The zero-order valence-electron chi connectivity index (χ0n) is 20.6. The molecule has 9 nitrogen and oxygen atoms in total. The van der Waals surface area contributed by atoms with Crippen molar-refractivity contribution < 1.29 is 37.0 Å². The van der Waals surface area contributed by atoms with Crippen LogP contribution in [0.3, 0.4) is 0 Å². The van der Waals surface area contributed by atoms with Crippen LogP contribution in [0.2, 0.25) is 18.6 Å². The number of methoxy groups -OCH3 is 2. The van der Waals surface area contributed by atoms with Crippen LogP contribution >= 0.6 is 0 Å². The van der Waals surface area contributed by atoms with E-state index in [1.54, 1.807) is 0 Å². The first-order chi connectivity index (χ1) is 15.7. The molecule has 1 aromatic rings. The molecule has 0 spiro atoms. The predicted molar refractivity (Wildman–Crippen MR) is 128 cm³/mol. The van der Waals surface area contributed by atoms with Crippen LogP contribution in [-0.2, 0) is 23.9 Å². The van der Waals surface area contributed by atoms with Gasteiger partial charge in [0.2, 0.25) is 5.91 Å². The summed E-state index contributed by atoms with van der Waals surface area (Å²) in [5.41, 5.74) is 0.523. The van der Waals surface area contributed by atoms with Gasteiger partial charge in [0.05, 0.1) is 37.2 Å². The zero-order valence-corrected chi connectivity index (χ0v) is 22.4. The number of carboxylic acid groups (broad SMARTS) is 1. The highest BCUT2D eigenvalue weighted by Crippen LogP contribution is 2.46. The molecule has 0 aromatic heterocycles. The number of β-lactam (4-membered cyclic amide) rings is 1. The molecule has 0 radical (unpaired) electrons. The van der Waals surface area contributed by atoms with Gasteiger partial charge in [-0.25, -0.2) is 13.2 Å². The molecule has 4 atom stereocenters. The molecule has 1 amide bonds. The Bertz CT molecular complexity index is 1110. The Labute approximate surface area is 201 Å². The minimum atomic E-state index is -4.01. The van der Waals surface area contributed by atoms with Crippen molar-refractivity contribution in [2.75, 3.05) is 14.2 Å². The van der Waals surface area contributed by atoms with E-state index in [9.17, 15) is 23.1 Å². The lowest BCUT2D eigenvalue weighted by molar-refractivity contribution is -0.168. The van der Waals surface area contributed by atoms with Gasteiger partial charge in [-0.3, -0.25) is 4.79 Å². The number of sulfone groups is 1. The number of carbonyl (C=O) groups is 2. The maximum absolute atomic E-state index is 13.1. The molecule has 2 aliphatic heterocycles. The van der Waals surface area contributed by atoms with Gasteiger partial charge in [-0.1, -0.05) is 13.8 Å². The van der Waals surface area contributed by atoms with Crippen LogP contribution < -0.4 is 9.47 Å². The minimum absolute atomic E-state index is 0.0553. The van der Waals surface area contributed by atoms with Crippen LogP contribution in [0.4, 0.5) is 0 Å². The molecule has 1 unspecified atom stereocenters. The first-order valence-corrected chi connectivity index (χ1v) is 15.7. The Hall–Kier alpha value is -2.37. The van der Waals surface area contributed by atoms with Crippen LogP contribution in [0, 0.1) is 5.92 Å². The molecule has 1 N–H and O–H groups in total. The largest absolute Gasteiger partial charge is 0.493 e. The minimum Gasteiger partial charge on any atom is -0.493 e. The number of benzene rings is 1. The highest BCUT2D eigenvalue weighted by atomic mass is 32.2. The number of carbonyl (C=O) groups excluding carboxylic acids is 1. The van der Waals surface area contributed by atoms with Gasteiger partial charge in [-0.2, -0.15) is 0 Å². The van der Waals surface area contributed by atoms with E-state index in [4.69, 9.17) is 13.9 Å². The summed E-state index contributed by atoms with van der Waals surface area (Å²) in [6.07, 6.45) is -0.217. The van der Waals surface area contributed by atoms with Gasteiger partial charge in [0, 0.05) is 11.5 Å². The van der Waals surface area contributed by atoms with Gasteiger partial charge >= 0.3 is 5.97 Å². The molecule has 3 rings (SSSR count). The van der Waals surface area contributed by atoms with Crippen molar-refractivity contribution in [3.05, 3.63) is 29.2 Å². The SMILES string of the molecule is COc1ccc(S(=O)(=O)/C=C2\C[C@@H]3[C@H]([C@@H](C)O[Si](C)(C)C(C)C)C(=O)N3C2C(=O)O)cc1OC. The van der Waals surface area contributed by atoms with E-state index in [0.717, 1.165) is 5.41 Å². The Morgan fingerprint density at radius 2 is 1.79 bits per heavy atom. The second-order valence-corrected chi connectivity index (χ2v) is 16.0. The summed E-state index contributed by atoms with van der Waals surface area (Å²) in [7, 11) is -3.20. The number of ether oxygens (including phenoxy) is 2. The van der Waals surface area contributed by atoms with Crippen LogP contribution in [0.1, 0.15) is 27.2 Å². The van der Waals surface area contributed by atoms with Crippen LogP contribution in [0.25, 0.3) is 0 Å². The van der Waals surface area contributed by atoms with Crippen LogP contribution in [-0.4, -0.2) is 71.0 Å². The summed E-state index contributed by atoms with van der Waals surface area (Å²) in [6, 6.07) is 2.45. The average Bonchev–Trinajstić information content (AvgIpc) is 3.06. The van der Waals surface area contributed by atoms with E-state index in [2.05, 4.69) is 26.9 Å². The van der Waals surface area contributed by atoms with E-state index in [1.165, 1.54) is 37.3 Å². The molecule has 0 saturated carbocycles. The zero-order chi connectivity index (χ0) is 25.6. The van der Waals surface area contributed by atoms with E-state index in [0.29, 0.717) is 11.3 Å². The third kappa shape index (κ3) is 4.60. The predicted octanol–water partition coefficient (Wildman–Crippen LogP) is 3.07. The summed E-state index contributed by atoms with van der Waals surface area (Å²) in [5, 5.41) is 10.8. The number of rotatable bonds is 9. The monoisotopic (exact) mass is 511 g/mol. The van der Waals surface area contributed by atoms with Crippen LogP contribution in [0.15, 0.2) is 34.1 Å². The fourth-order valence-electron chi connectivity index (χ4n) is 4.52. The van der Waals surface area contributed by atoms with E-state index >= 15 is 0 Å². The highest BCUT2D eigenvalue weighted by Gasteiger charge is 2.60. The van der Waals surface area contributed by atoms with Gasteiger partial charge in [-0.05, 0) is 49.7 Å². The van der Waals surface area contributed by atoms with E-state index in [1.807, 2.05) is 6.92 Å². The van der Waals surface area contributed by atoms with Crippen molar-refractivity contribution in [1.29, 1.82) is 0 Å². The first-order valence-electron chi connectivity index (χ1n) is 11.2. The molecule has 188 valence electrons. The highest BCUT2D eigenvalue weighted by molar-refractivity contribution is 7.94. The lowest BCUT2D eigenvalue weighted by Crippen LogP contribution is -2.65. The molecule has 11 heteroatoms. The first kappa shape index (κ1) is 26.2. The molecule has 0 aliphatic carbocycles. The summed E-state index contributed by atoms with van der Waals surface area (Å²) in [4.78, 5) is 26.3. The van der Waals surface area contributed by atoms with Crippen molar-refractivity contribution in [3.8, 4) is 11.5 Å². The van der Waals surface area contributed by atoms with Gasteiger partial charge in [0.15, 0.2) is 35.7 Å². The van der Waals surface area contributed by atoms with E-state index < -0.39 is 42.1 Å². The van der Waals surface area contributed by atoms with Crippen molar-refractivity contribution in [2.24, 2.45) is 5.92 Å². The Kier molecular flexibility index (Phi) is 7.21. The summed E-state index contributed by atoms with van der Waals surface area (Å²) >= 11 is 0. The van der Waals surface area contributed by atoms with Crippen molar-refractivity contribution >= 4 is 30.0 Å². The fraction of sp³-hybridized carbons (Fsp3) is 0.565. The third-order valence-electron chi connectivity index (χ3n) is 7.00. The second kappa shape index (κ2) is 9.35.